The average Bonchev–Trinajstić information content (AvgIpc) is 3.18. The standard InChI is InChI=1S/C22H21N3O3/c26-21(23-14-16-9-6-8-15-7-4-5-12-18(15)16)20-13-19(22(27)28)24-25(20)17-10-2-1-3-11-17/h1-5,7,10-13,16H,6,8-9,14H2,(H,23,26)(H,27,28). The van der Waals surface area contributed by atoms with E-state index in [0.29, 0.717) is 12.2 Å². The normalized spacial score (nSPS) is 15.6. The first kappa shape index (κ1) is 18.0. The zero-order valence-electron chi connectivity index (χ0n) is 15.3. The van der Waals surface area contributed by atoms with Gasteiger partial charge in [-0.2, -0.15) is 5.10 Å². The summed E-state index contributed by atoms with van der Waals surface area (Å²) in [6.07, 6.45) is 3.20. The van der Waals surface area contributed by atoms with Crippen molar-refractivity contribution in [3.8, 4) is 5.69 Å². The largest absolute Gasteiger partial charge is 0.476 e. The van der Waals surface area contributed by atoms with Crippen LogP contribution in [0.4, 0.5) is 0 Å². The van der Waals surface area contributed by atoms with Crippen LogP contribution in [-0.4, -0.2) is 33.3 Å². The molecule has 6 heteroatoms. The number of nitrogens with zero attached hydrogens (tertiary/aromatic N) is 2. The predicted octanol–water partition coefficient (Wildman–Crippen LogP) is 3.42. The third kappa shape index (κ3) is 3.53. The van der Waals surface area contributed by atoms with Crippen molar-refractivity contribution in [2.24, 2.45) is 0 Å². The average molecular weight is 375 g/mol. The summed E-state index contributed by atoms with van der Waals surface area (Å²) in [7, 11) is 0. The van der Waals surface area contributed by atoms with Crippen LogP contribution < -0.4 is 5.32 Å². The van der Waals surface area contributed by atoms with Crippen LogP contribution in [0.5, 0.6) is 0 Å². The van der Waals surface area contributed by atoms with E-state index in [1.807, 2.05) is 30.3 Å². The fourth-order valence-corrected chi connectivity index (χ4v) is 3.79. The van der Waals surface area contributed by atoms with Crippen molar-refractivity contribution in [3.05, 3.63) is 83.2 Å². The second-order valence-electron chi connectivity index (χ2n) is 6.97. The Morgan fingerprint density at radius 2 is 1.86 bits per heavy atom. The highest BCUT2D eigenvalue weighted by Gasteiger charge is 2.23. The Hall–Kier alpha value is -3.41. The minimum absolute atomic E-state index is 0.156. The number of carboxylic acid groups (broad SMARTS) is 1. The molecule has 1 unspecified atom stereocenters. The molecular weight excluding hydrogens is 354 g/mol. The number of benzene rings is 2. The van der Waals surface area contributed by atoms with Gasteiger partial charge in [-0.15, -0.1) is 0 Å². The van der Waals surface area contributed by atoms with E-state index in [2.05, 4.69) is 22.5 Å². The number of hydrogen-bond acceptors (Lipinski definition) is 3. The summed E-state index contributed by atoms with van der Waals surface area (Å²) in [5, 5.41) is 16.4. The van der Waals surface area contributed by atoms with E-state index in [1.54, 1.807) is 12.1 Å². The van der Waals surface area contributed by atoms with Crippen molar-refractivity contribution in [3.63, 3.8) is 0 Å². The quantitative estimate of drug-likeness (QED) is 0.716. The van der Waals surface area contributed by atoms with Crippen molar-refractivity contribution in [1.29, 1.82) is 0 Å². The smallest absolute Gasteiger partial charge is 0.356 e. The van der Waals surface area contributed by atoms with Gasteiger partial charge in [-0.1, -0.05) is 42.5 Å². The van der Waals surface area contributed by atoms with Gasteiger partial charge in [0.1, 0.15) is 5.69 Å². The van der Waals surface area contributed by atoms with E-state index < -0.39 is 5.97 Å². The van der Waals surface area contributed by atoms with E-state index in [-0.39, 0.29) is 23.2 Å². The van der Waals surface area contributed by atoms with Crippen molar-refractivity contribution in [2.75, 3.05) is 6.54 Å². The van der Waals surface area contributed by atoms with Gasteiger partial charge in [0.25, 0.3) is 5.91 Å². The molecule has 28 heavy (non-hydrogen) atoms. The van der Waals surface area contributed by atoms with Gasteiger partial charge in [0, 0.05) is 18.5 Å². The highest BCUT2D eigenvalue weighted by atomic mass is 16.4. The summed E-state index contributed by atoms with van der Waals surface area (Å²) in [6.45, 7) is 0.512. The number of hydrogen-bond donors (Lipinski definition) is 2. The molecule has 4 rings (SSSR count). The number of rotatable bonds is 5. The van der Waals surface area contributed by atoms with Gasteiger partial charge in [-0.25, -0.2) is 9.48 Å². The first-order valence-corrected chi connectivity index (χ1v) is 9.38. The maximum absolute atomic E-state index is 12.9. The molecule has 0 spiro atoms. The molecule has 1 atom stereocenters. The highest BCUT2D eigenvalue weighted by molar-refractivity contribution is 5.96. The fraction of sp³-hybridized carbons (Fsp3) is 0.227. The lowest BCUT2D eigenvalue weighted by atomic mass is 9.83. The maximum Gasteiger partial charge on any atom is 0.356 e. The molecule has 6 nitrogen and oxygen atoms in total. The van der Waals surface area contributed by atoms with Crippen LogP contribution in [0.25, 0.3) is 5.69 Å². The zero-order valence-corrected chi connectivity index (χ0v) is 15.3. The third-order valence-corrected chi connectivity index (χ3v) is 5.16. The number of aromatic carboxylic acids is 1. The van der Waals surface area contributed by atoms with E-state index in [0.717, 1.165) is 19.3 Å². The maximum atomic E-state index is 12.9. The van der Waals surface area contributed by atoms with Crippen molar-refractivity contribution in [1.82, 2.24) is 15.1 Å². The van der Waals surface area contributed by atoms with Gasteiger partial charge in [0.15, 0.2) is 5.69 Å². The lowest BCUT2D eigenvalue weighted by molar-refractivity contribution is 0.0689. The minimum atomic E-state index is -1.16. The molecule has 0 radical (unpaired) electrons. The lowest BCUT2D eigenvalue weighted by Crippen LogP contribution is -2.31. The molecule has 0 fully saturated rings. The SMILES string of the molecule is O=C(O)c1cc(C(=O)NCC2CCCc3ccccc32)n(-c2ccccc2)n1. The number of aromatic nitrogens is 2. The van der Waals surface area contributed by atoms with Gasteiger partial charge in [-0.3, -0.25) is 4.79 Å². The number of fused-ring (bicyclic) bond motifs is 1. The van der Waals surface area contributed by atoms with Gasteiger partial charge >= 0.3 is 5.97 Å². The monoisotopic (exact) mass is 375 g/mol. The second kappa shape index (κ2) is 7.68. The van der Waals surface area contributed by atoms with Gasteiger partial charge < -0.3 is 10.4 Å². The third-order valence-electron chi connectivity index (χ3n) is 5.16. The van der Waals surface area contributed by atoms with Crippen molar-refractivity contribution in [2.45, 2.75) is 25.2 Å². The van der Waals surface area contributed by atoms with Crippen LogP contribution in [0.15, 0.2) is 60.7 Å². The summed E-state index contributed by atoms with van der Waals surface area (Å²) in [5.74, 6) is -1.22. The fourth-order valence-electron chi connectivity index (χ4n) is 3.79. The predicted molar refractivity (Wildman–Crippen MR) is 105 cm³/mol. The number of nitrogens with one attached hydrogen (secondary N) is 1. The second-order valence-corrected chi connectivity index (χ2v) is 6.97. The first-order chi connectivity index (χ1) is 13.6. The van der Waals surface area contributed by atoms with Crippen LogP contribution in [-0.2, 0) is 6.42 Å². The van der Waals surface area contributed by atoms with Crippen LogP contribution in [0.1, 0.15) is 50.9 Å². The molecule has 1 heterocycles. The Morgan fingerprint density at radius 3 is 2.64 bits per heavy atom. The molecule has 3 aromatic rings. The number of para-hydroxylation sites is 1. The van der Waals surface area contributed by atoms with Gasteiger partial charge in [0.05, 0.1) is 5.69 Å². The van der Waals surface area contributed by atoms with Crippen LogP contribution in [0.2, 0.25) is 0 Å². The number of carboxylic acids is 1. The summed E-state index contributed by atoms with van der Waals surface area (Å²) < 4.78 is 1.38. The van der Waals surface area contributed by atoms with Gasteiger partial charge in [-0.05, 0) is 42.5 Å². The van der Waals surface area contributed by atoms with Crippen LogP contribution in [0.3, 0.4) is 0 Å². The minimum Gasteiger partial charge on any atom is -0.476 e. The topological polar surface area (TPSA) is 84.2 Å². The Balaban J connectivity index is 1.57. The molecule has 2 N–H and O–H groups in total. The molecule has 1 aliphatic carbocycles. The van der Waals surface area contributed by atoms with Gasteiger partial charge in [0.2, 0.25) is 0 Å². The van der Waals surface area contributed by atoms with Crippen molar-refractivity contribution >= 4 is 11.9 Å². The number of amides is 1. The lowest BCUT2D eigenvalue weighted by Gasteiger charge is -2.25. The first-order valence-electron chi connectivity index (χ1n) is 9.38. The van der Waals surface area contributed by atoms with Crippen molar-refractivity contribution < 1.29 is 14.7 Å². The van der Waals surface area contributed by atoms with Crippen LogP contribution >= 0.6 is 0 Å². The Morgan fingerprint density at radius 1 is 1.11 bits per heavy atom. The molecule has 0 bridgehead atoms. The molecule has 0 aliphatic heterocycles. The summed E-state index contributed by atoms with van der Waals surface area (Å²) in [5.41, 5.74) is 3.33. The Kier molecular flexibility index (Phi) is 4.93. The Bertz CT molecular complexity index is 1010. The number of carbonyl (C=O) groups excluding carboxylic acids is 1. The van der Waals surface area contributed by atoms with E-state index in [1.165, 1.54) is 21.9 Å². The summed E-state index contributed by atoms with van der Waals surface area (Å²) in [4.78, 5) is 24.2. The Labute approximate surface area is 162 Å². The highest BCUT2D eigenvalue weighted by Crippen LogP contribution is 2.30. The molecule has 1 aliphatic rings. The number of aryl methyl sites for hydroxylation is 1. The number of carbonyl (C=O) groups is 2. The molecule has 2 aromatic carbocycles. The summed E-state index contributed by atoms with van der Waals surface area (Å²) in [6, 6.07) is 18.7. The van der Waals surface area contributed by atoms with E-state index in [4.69, 9.17) is 0 Å². The molecule has 1 aromatic heterocycles. The summed E-state index contributed by atoms with van der Waals surface area (Å²) >= 11 is 0. The van der Waals surface area contributed by atoms with E-state index >= 15 is 0 Å². The van der Waals surface area contributed by atoms with Crippen LogP contribution in [0, 0.1) is 0 Å². The molecule has 0 saturated carbocycles. The molecule has 142 valence electrons. The van der Waals surface area contributed by atoms with E-state index in [9.17, 15) is 14.7 Å². The molecular formula is C22H21N3O3. The molecule has 1 amide bonds. The molecule has 0 saturated heterocycles. The zero-order chi connectivity index (χ0) is 19.5.